The van der Waals surface area contributed by atoms with E-state index >= 15 is 0 Å². The fraction of sp³-hybridized carbons (Fsp3) is 0.286. The van der Waals surface area contributed by atoms with E-state index in [0.717, 1.165) is 0 Å². The SMILES string of the molecule is C=CCc1oc(=O)oc1COCc1oc(=O)oc1CC=C. The summed E-state index contributed by atoms with van der Waals surface area (Å²) in [5, 5.41) is 0. The molecule has 0 bridgehead atoms. The minimum absolute atomic E-state index is 0.00265. The summed E-state index contributed by atoms with van der Waals surface area (Å²) in [7, 11) is 0. The second-order valence-corrected chi connectivity index (χ2v) is 4.08. The van der Waals surface area contributed by atoms with Crippen molar-refractivity contribution in [2.24, 2.45) is 0 Å². The van der Waals surface area contributed by atoms with Crippen LogP contribution in [0, 0.1) is 0 Å². The van der Waals surface area contributed by atoms with Gasteiger partial charge >= 0.3 is 11.6 Å². The third-order valence-corrected chi connectivity index (χ3v) is 2.57. The molecule has 0 atom stereocenters. The second-order valence-electron chi connectivity index (χ2n) is 4.08. The van der Waals surface area contributed by atoms with Gasteiger partial charge in [0.15, 0.2) is 23.0 Å². The molecule has 0 aliphatic carbocycles. The molecule has 0 spiro atoms. The van der Waals surface area contributed by atoms with Gasteiger partial charge in [-0.1, -0.05) is 12.2 Å². The number of ether oxygens (including phenoxy) is 1. The van der Waals surface area contributed by atoms with Gasteiger partial charge < -0.3 is 22.4 Å². The van der Waals surface area contributed by atoms with Crippen LogP contribution in [0.5, 0.6) is 0 Å². The number of allylic oxidation sites excluding steroid dienone is 2. The number of hydrogen-bond acceptors (Lipinski definition) is 7. The lowest BCUT2D eigenvalue weighted by atomic mass is 10.3. The van der Waals surface area contributed by atoms with E-state index in [2.05, 4.69) is 13.2 Å². The summed E-state index contributed by atoms with van der Waals surface area (Å²) in [6.07, 6.45) is 3.86. The number of rotatable bonds is 8. The van der Waals surface area contributed by atoms with Gasteiger partial charge in [-0.15, -0.1) is 13.2 Å². The maximum Gasteiger partial charge on any atom is 0.519 e. The van der Waals surface area contributed by atoms with Gasteiger partial charge in [-0.05, 0) is 0 Å². The summed E-state index contributed by atoms with van der Waals surface area (Å²) in [6.45, 7) is 7.10. The van der Waals surface area contributed by atoms with E-state index in [4.69, 9.17) is 22.4 Å². The van der Waals surface area contributed by atoms with Crippen LogP contribution in [-0.2, 0) is 30.8 Å². The first-order valence-corrected chi connectivity index (χ1v) is 6.17. The van der Waals surface area contributed by atoms with Crippen LogP contribution in [0.15, 0.2) is 52.6 Å². The number of hydrogen-bond donors (Lipinski definition) is 0. The van der Waals surface area contributed by atoms with Gasteiger partial charge in [-0.3, -0.25) is 0 Å². The van der Waals surface area contributed by atoms with Gasteiger partial charge in [0.1, 0.15) is 13.2 Å². The topological polar surface area (TPSA) is 95.9 Å². The van der Waals surface area contributed by atoms with Gasteiger partial charge in [-0.25, -0.2) is 9.59 Å². The Morgan fingerprint density at radius 2 is 1.14 bits per heavy atom. The van der Waals surface area contributed by atoms with E-state index < -0.39 is 11.6 Å². The van der Waals surface area contributed by atoms with Crippen molar-refractivity contribution in [2.75, 3.05) is 0 Å². The highest BCUT2D eigenvalue weighted by molar-refractivity contribution is 5.07. The highest BCUT2D eigenvalue weighted by atomic mass is 16.6. The highest BCUT2D eigenvalue weighted by Gasteiger charge is 2.15. The van der Waals surface area contributed by atoms with Crippen molar-refractivity contribution in [2.45, 2.75) is 26.1 Å². The predicted octanol–water partition coefficient (Wildman–Crippen LogP) is 1.95. The molecule has 0 radical (unpaired) electrons. The Bertz CT molecular complexity index is 663. The normalized spacial score (nSPS) is 10.7. The molecule has 0 amide bonds. The summed E-state index contributed by atoms with van der Waals surface area (Å²) in [6, 6.07) is 0. The molecule has 0 aliphatic rings. The predicted molar refractivity (Wildman–Crippen MR) is 70.8 cm³/mol. The fourth-order valence-electron chi connectivity index (χ4n) is 1.70. The molecular weight excluding hydrogens is 280 g/mol. The van der Waals surface area contributed by atoms with Crippen molar-refractivity contribution >= 4 is 0 Å². The molecule has 0 saturated carbocycles. The molecule has 0 saturated heterocycles. The van der Waals surface area contributed by atoms with Crippen LogP contribution in [0.3, 0.4) is 0 Å². The first kappa shape index (κ1) is 14.9. The van der Waals surface area contributed by atoms with Crippen molar-refractivity contribution in [1.82, 2.24) is 0 Å². The lowest BCUT2D eigenvalue weighted by molar-refractivity contribution is 0.0776. The van der Waals surface area contributed by atoms with E-state index in [1.54, 1.807) is 12.2 Å². The van der Waals surface area contributed by atoms with Gasteiger partial charge in [0.2, 0.25) is 0 Å². The second kappa shape index (κ2) is 6.76. The van der Waals surface area contributed by atoms with Crippen LogP contribution in [-0.4, -0.2) is 0 Å². The summed E-state index contributed by atoms with van der Waals surface area (Å²) in [5.74, 6) is -0.336. The van der Waals surface area contributed by atoms with Crippen molar-refractivity contribution in [1.29, 1.82) is 0 Å². The molecular formula is C14H14O7. The Kier molecular flexibility index (Phi) is 4.78. The summed E-state index contributed by atoms with van der Waals surface area (Å²) >= 11 is 0. The van der Waals surface area contributed by atoms with Crippen LogP contribution >= 0.6 is 0 Å². The molecule has 2 aromatic heterocycles. The average Bonchev–Trinajstić information content (AvgIpc) is 2.94. The molecule has 0 aromatic carbocycles. The van der Waals surface area contributed by atoms with Crippen LogP contribution in [0.4, 0.5) is 0 Å². The maximum absolute atomic E-state index is 11.1. The summed E-state index contributed by atoms with van der Waals surface area (Å²) in [5.41, 5.74) is 0. The molecule has 0 N–H and O–H groups in total. The minimum atomic E-state index is -0.798. The van der Waals surface area contributed by atoms with Crippen molar-refractivity contribution < 1.29 is 22.4 Å². The van der Waals surface area contributed by atoms with Crippen LogP contribution in [0.2, 0.25) is 0 Å². The van der Waals surface area contributed by atoms with E-state index in [9.17, 15) is 9.59 Å². The summed E-state index contributed by atoms with van der Waals surface area (Å²) < 4.78 is 24.8. The Morgan fingerprint density at radius 3 is 1.52 bits per heavy atom. The zero-order valence-corrected chi connectivity index (χ0v) is 11.3. The average molecular weight is 294 g/mol. The van der Waals surface area contributed by atoms with Crippen molar-refractivity contribution in [3.8, 4) is 0 Å². The van der Waals surface area contributed by atoms with E-state index in [-0.39, 0.29) is 24.7 Å². The van der Waals surface area contributed by atoms with Gasteiger partial charge in [0, 0.05) is 12.8 Å². The quantitative estimate of drug-likeness (QED) is 0.686. The third-order valence-electron chi connectivity index (χ3n) is 2.57. The van der Waals surface area contributed by atoms with E-state index in [1.807, 2.05) is 0 Å². The maximum atomic E-state index is 11.1. The van der Waals surface area contributed by atoms with Gasteiger partial charge in [0.25, 0.3) is 0 Å². The molecule has 2 aromatic rings. The molecule has 0 unspecified atom stereocenters. The van der Waals surface area contributed by atoms with Crippen LogP contribution in [0.1, 0.15) is 23.0 Å². The Labute approximate surface area is 119 Å². The lowest BCUT2D eigenvalue weighted by Crippen LogP contribution is -1.97. The fourth-order valence-corrected chi connectivity index (χ4v) is 1.70. The van der Waals surface area contributed by atoms with Crippen molar-refractivity contribution in [3.63, 3.8) is 0 Å². The highest BCUT2D eigenvalue weighted by Crippen LogP contribution is 2.13. The molecule has 0 fully saturated rings. The summed E-state index contributed by atoms with van der Waals surface area (Å²) in [4.78, 5) is 22.1. The molecule has 0 aliphatic heterocycles. The monoisotopic (exact) mass is 294 g/mol. The molecule has 7 heteroatoms. The zero-order chi connectivity index (χ0) is 15.2. The molecule has 2 rings (SSSR count). The minimum Gasteiger partial charge on any atom is -0.395 e. The molecule has 21 heavy (non-hydrogen) atoms. The van der Waals surface area contributed by atoms with Crippen LogP contribution < -0.4 is 11.6 Å². The zero-order valence-electron chi connectivity index (χ0n) is 11.3. The standard InChI is InChI=1S/C14H14O7/c1-3-5-9-11(20-13(15)18-9)7-17-8-12-10(6-4-2)19-14(16)21-12/h3-4H,1-2,5-8H2. The molecule has 2 heterocycles. The Morgan fingerprint density at radius 1 is 0.762 bits per heavy atom. The van der Waals surface area contributed by atoms with E-state index in [0.29, 0.717) is 24.4 Å². The van der Waals surface area contributed by atoms with E-state index in [1.165, 1.54) is 0 Å². The first-order chi connectivity index (χ1) is 10.1. The molecule has 112 valence electrons. The van der Waals surface area contributed by atoms with Gasteiger partial charge in [-0.2, -0.15) is 0 Å². The lowest BCUT2D eigenvalue weighted by Gasteiger charge is -2.00. The Hall–Kier alpha value is -2.54. The largest absolute Gasteiger partial charge is 0.519 e. The third kappa shape index (κ3) is 3.73. The first-order valence-electron chi connectivity index (χ1n) is 6.17. The molecule has 7 nitrogen and oxygen atoms in total. The Balaban J connectivity index is 2.01. The smallest absolute Gasteiger partial charge is 0.395 e. The van der Waals surface area contributed by atoms with Gasteiger partial charge in [0.05, 0.1) is 0 Å². The van der Waals surface area contributed by atoms with Crippen molar-refractivity contribution in [3.05, 3.63) is 69.6 Å². The van der Waals surface area contributed by atoms with Crippen LogP contribution in [0.25, 0.3) is 0 Å².